The summed E-state index contributed by atoms with van der Waals surface area (Å²) in [5.41, 5.74) is 12.7. The summed E-state index contributed by atoms with van der Waals surface area (Å²) in [5, 5.41) is 3.15. The molecule has 0 saturated heterocycles. The summed E-state index contributed by atoms with van der Waals surface area (Å²) in [7, 11) is 0. The molecule has 1 unspecified atom stereocenters. The van der Waals surface area contributed by atoms with Gasteiger partial charge in [0, 0.05) is 4.91 Å². The standard InChI is InChI=1S/C4H8N4O/c1-2-3(4(5)9)7-8-6/h3H,2H2,1H3,(H2,5,9). The van der Waals surface area contributed by atoms with Crippen LogP contribution in [-0.2, 0) is 4.79 Å². The Morgan fingerprint density at radius 3 is 2.67 bits per heavy atom. The highest BCUT2D eigenvalue weighted by molar-refractivity contribution is 5.79. The zero-order chi connectivity index (χ0) is 7.28. The van der Waals surface area contributed by atoms with E-state index < -0.39 is 11.9 Å². The van der Waals surface area contributed by atoms with Crippen molar-refractivity contribution in [1.29, 1.82) is 0 Å². The lowest BCUT2D eigenvalue weighted by molar-refractivity contribution is -0.119. The molecule has 0 spiro atoms. The molecule has 5 heteroatoms. The molecule has 0 heterocycles. The van der Waals surface area contributed by atoms with Crippen molar-refractivity contribution in [2.45, 2.75) is 19.4 Å². The fourth-order valence-corrected chi connectivity index (χ4v) is 0.402. The van der Waals surface area contributed by atoms with Crippen molar-refractivity contribution in [2.75, 3.05) is 0 Å². The third kappa shape index (κ3) is 2.56. The number of nitrogens with two attached hydrogens (primary N) is 1. The lowest BCUT2D eigenvalue weighted by Crippen LogP contribution is -2.25. The van der Waals surface area contributed by atoms with Gasteiger partial charge in [0.1, 0.15) is 6.04 Å². The molecule has 2 N–H and O–H groups in total. The smallest absolute Gasteiger partial charge is 0.226 e. The molecule has 1 atom stereocenters. The van der Waals surface area contributed by atoms with Gasteiger partial charge in [-0.2, -0.15) is 0 Å². The van der Waals surface area contributed by atoms with Crippen LogP contribution >= 0.6 is 0 Å². The van der Waals surface area contributed by atoms with Crippen LogP contribution in [0.4, 0.5) is 0 Å². The van der Waals surface area contributed by atoms with Crippen molar-refractivity contribution in [2.24, 2.45) is 10.8 Å². The Kier molecular flexibility index (Phi) is 3.23. The fraction of sp³-hybridized carbons (Fsp3) is 0.750. The van der Waals surface area contributed by atoms with Crippen molar-refractivity contribution < 1.29 is 4.79 Å². The maximum Gasteiger partial charge on any atom is 0.226 e. The molecule has 0 radical (unpaired) electrons. The molecular weight excluding hydrogens is 120 g/mol. The molecule has 0 aliphatic heterocycles. The molecule has 0 rings (SSSR count). The highest BCUT2D eigenvalue weighted by atomic mass is 16.1. The Hall–Kier alpha value is -1.22. The van der Waals surface area contributed by atoms with Crippen LogP contribution in [-0.4, -0.2) is 11.9 Å². The van der Waals surface area contributed by atoms with E-state index in [4.69, 9.17) is 11.3 Å². The Morgan fingerprint density at radius 2 is 2.56 bits per heavy atom. The lowest BCUT2D eigenvalue weighted by atomic mass is 10.2. The van der Waals surface area contributed by atoms with Gasteiger partial charge in [-0.25, -0.2) is 0 Å². The summed E-state index contributed by atoms with van der Waals surface area (Å²) >= 11 is 0. The molecule has 0 aromatic rings. The van der Waals surface area contributed by atoms with E-state index in [9.17, 15) is 4.79 Å². The third-order valence-corrected chi connectivity index (χ3v) is 0.906. The average Bonchev–Trinajstić information content (AvgIpc) is 1.82. The number of nitrogens with zero attached hydrogens (tertiary/aromatic N) is 3. The fourth-order valence-electron chi connectivity index (χ4n) is 0.402. The van der Waals surface area contributed by atoms with Gasteiger partial charge in [0.05, 0.1) is 0 Å². The topological polar surface area (TPSA) is 91.8 Å². The molecule has 0 aromatic heterocycles. The Bertz CT molecular complexity index is 147. The Labute approximate surface area is 52.5 Å². The maximum atomic E-state index is 10.3. The van der Waals surface area contributed by atoms with Crippen molar-refractivity contribution in [1.82, 2.24) is 0 Å². The SMILES string of the molecule is CCC(N=[N+]=[N-])C(N)=O. The molecule has 1 amide bonds. The Morgan fingerprint density at radius 1 is 2.00 bits per heavy atom. The molecule has 9 heavy (non-hydrogen) atoms. The van der Waals surface area contributed by atoms with E-state index in [0.717, 1.165) is 0 Å². The first-order chi connectivity index (χ1) is 4.22. The van der Waals surface area contributed by atoms with Crippen LogP contribution in [0.2, 0.25) is 0 Å². The highest BCUT2D eigenvalue weighted by Gasteiger charge is 2.08. The largest absolute Gasteiger partial charge is 0.369 e. The van der Waals surface area contributed by atoms with Gasteiger partial charge in [-0.1, -0.05) is 12.0 Å². The van der Waals surface area contributed by atoms with Gasteiger partial charge in [0.2, 0.25) is 5.91 Å². The normalized spacial score (nSPS) is 11.7. The molecule has 0 fully saturated rings. The minimum Gasteiger partial charge on any atom is -0.369 e. The summed E-state index contributed by atoms with van der Waals surface area (Å²) in [6.45, 7) is 1.73. The number of primary amides is 1. The molecule has 0 aliphatic rings. The number of carbonyl (C=O) groups is 1. The minimum absolute atomic E-state index is 0.458. The number of hydrogen-bond donors (Lipinski definition) is 1. The van der Waals surface area contributed by atoms with Gasteiger partial charge in [-0.3, -0.25) is 4.79 Å². The summed E-state index contributed by atoms with van der Waals surface area (Å²) < 4.78 is 0. The zero-order valence-corrected chi connectivity index (χ0v) is 5.11. The molecule has 0 aliphatic carbocycles. The summed E-state index contributed by atoms with van der Waals surface area (Å²) in [6, 6.07) is -0.685. The lowest BCUT2D eigenvalue weighted by Gasteiger charge is -1.98. The van der Waals surface area contributed by atoms with Crippen LogP contribution in [0.5, 0.6) is 0 Å². The first-order valence-corrected chi connectivity index (χ1v) is 2.56. The number of rotatable bonds is 3. The minimum atomic E-state index is -0.685. The first-order valence-electron chi connectivity index (χ1n) is 2.56. The second-order valence-corrected chi connectivity index (χ2v) is 1.53. The summed E-state index contributed by atoms with van der Waals surface area (Å²) in [4.78, 5) is 12.7. The van der Waals surface area contributed by atoms with E-state index in [1.807, 2.05) is 0 Å². The van der Waals surface area contributed by atoms with Gasteiger partial charge < -0.3 is 5.73 Å². The average molecular weight is 128 g/mol. The molecule has 0 aromatic carbocycles. The molecular formula is C4H8N4O. The predicted octanol–water partition coefficient (Wildman–Crippen LogP) is 0.561. The van der Waals surface area contributed by atoms with Crippen LogP contribution in [0.3, 0.4) is 0 Å². The second-order valence-electron chi connectivity index (χ2n) is 1.53. The van der Waals surface area contributed by atoms with Crippen LogP contribution in [0.15, 0.2) is 5.11 Å². The monoisotopic (exact) mass is 128 g/mol. The van der Waals surface area contributed by atoms with Crippen molar-refractivity contribution in [3.8, 4) is 0 Å². The second kappa shape index (κ2) is 3.74. The van der Waals surface area contributed by atoms with E-state index in [-0.39, 0.29) is 0 Å². The zero-order valence-electron chi connectivity index (χ0n) is 5.11. The highest BCUT2D eigenvalue weighted by Crippen LogP contribution is 1.94. The van der Waals surface area contributed by atoms with E-state index in [1.165, 1.54) is 0 Å². The summed E-state index contributed by atoms with van der Waals surface area (Å²) in [5.74, 6) is -0.574. The summed E-state index contributed by atoms with van der Waals surface area (Å²) in [6.07, 6.45) is 0.458. The predicted molar refractivity (Wildman–Crippen MR) is 32.4 cm³/mol. The van der Waals surface area contributed by atoms with Gasteiger partial charge in [-0.05, 0) is 12.0 Å². The molecule has 5 nitrogen and oxygen atoms in total. The van der Waals surface area contributed by atoms with Crippen molar-refractivity contribution in [3.63, 3.8) is 0 Å². The third-order valence-electron chi connectivity index (χ3n) is 0.906. The number of amides is 1. The van der Waals surface area contributed by atoms with E-state index in [1.54, 1.807) is 6.92 Å². The van der Waals surface area contributed by atoms with Gasteiger partial charge in [0.15, 0.2) is 0 Å². The van der Waals surface area contributed by atoms with Crippen LogP contribution in [0.1, 0.15) is 13.3 Å². The van der Waals surface area contributed by atoms with Crippen LogP contribution in [0.25, 0.3) is 10.4 Å². The quantitative estimate of drug-likeness (QED) is 0.335. The maximum absolute atomic E-state index is 10.3. The number of carbonyl (C=O) groups excluding carboxylic acids is 1. The molecule has 50 valence electrons. The number of hydrogen-bond acceptors (Lipinski definition) is 2. The molecule has 0 saturated carbocycles. The van der Waals surface area contributed by atoms with Crippen molar-refractivity contribution >= 4 is 5.91 Å². The van der Waals surface area contributed by atoms with Gasteiger partial charge >= 0.3 is 0 Å². The van der Waals surface area contributed by atoms with Gasteiger partial charge in [0.25, 0.3) is 0 Å². The van der Waals surface area contributed by atoms with E-state index in [0.29, 0.717) is 6.42 Å². The van der Waals surface area contributed by atoms with Crippen LogP contribution < -0.4 is 5.73 Å². The van der Waals surface area contributed by atoms with Crippen molar-refractivity contribution in [3.05, 3.63) is 10.4 Å². The van der Waals surface area contributed by atoms with Crippen LogP contribution in [0, 0.1) is 0 Å². The Balaban J connectivity index is 3.98. The van der Waals surface area contributed by atoms with E-state index in [2.05, 4.69) is 10.0 Å². The number of azide groups is 1. The van der Waals surface area contributed by atoms with E-state index >= 15 is 0 Å². The molecule has 0 bridgehead atoms. The van der Waals surface area contributed by atoms with Gasteiger partial charge in [-0.15, -0.1) is 0 Å². The first kappa shape index (κ1) is 7.78.